The summed E-state index contributed by atoms with van der Waals surface area (Å²) >= 11 is 0. The van der Waals surface area contributed by atoms with Crippen LogP contribution in [0.25, 0.3) is 33.3 Å². The van der Waals surface area contributed by atoms with Gasteiger partial charge in [0.15, 0.2) is 0 Å². The van der Waals surface area contributed by atoms with E-state index in [4.69, 9.17) is 4.98 Å². The maximum atomic E-state index is 14.4. The summed E-state index contributed by atoms with van der Waals surface area (Å²) < 4.78 is 19.1. The summed E-state index contributed by atoms with van der Waals surface area (Å²) in [5, 5.41) is 9.90. The number of aliphatic hydroxyl groups is 1. The Morgan fingerprint density at radius 3 is 2.38 bits per heavy atom. The second-order valence-corrected chi connectivity index (χ2v) is 6.62. The Balaban J connectivity index is 1.98. The molecular weight excluding hydrogens is 369 g/mol. The number of halogens is 1. The van der Waals surface area contributed by atoms with E-state index in [1.807, 2.05) is 60.7 Å². The average molecular weight is 387 g/mol. The molecule has 3 aromatic carbocycles. The first-order valence-electron chi connectivity index (χ1n) is 9.09. The molecule has 0 fully saturated rings. The van der Waals surface area contributed by atoms with E-state index in [9.17, 15) is 14.3 Å². The molecule has 0 saturated heterocycles. The van der Waals surface area contributed by atoms with Crippen molar-refractivity contribution in [1.29, 1.82) is 0 Å². The third-order valence-electron chi connectivity index (χ3n) is 4.80. The molecule has 0 aliphatic carbocycles. The molecule has 0 saturated carbocycles. The van der Waals surface area contributed by atoms with Crippen LogP contribution in [0.15, 0.2) is 72.8 Å². The SMILES string of the molecule is COC(=O)c1cc2nc(-c3ccc(CO)cc3)c(-c3ccccc3)cc2cc1F. The van der Waals surface area contributed by atoms with Crippen molar-refractivity contribution < 1.29 is 19.0 Å². The number of aliphatic hydroxyl groups excluding tert-OH is 1. The van der Waals surface area contributed by atoms with Crippen molar-refractivity contribution >= 4 is 16.9 Å². The number of benzene rings is 3. The third kappa shape index (κ3) is 3.60. The first-order chi connectivity index (χ1) is 14.1. The van der Waals surface area contributed by atoms with Gasteiger partial charge < -0.3 is 9.84 Å². The van der Waals surface area contributed by atoms with Gasteiger partial charge in [-0.05, 0) is 29.3 Å². The van der Waals surface area contributed by atoms with Gasteiger partial charge in [-0.25, -0.2) is 14.2 Å². The summed E-state index contributed by atoms with van der Waals surface area (Å²) in [6.07, 6.45) is 0. The number of esters is 1. The lowest BCUT2D eigenvalue weighted by molar-refractivity contribution is 0.0595. The third-order valence-corrected chi connectivity index (χ3v) is 4.80. The van der Waals surface area contributed by atoms with Crippen molar-refractivity contribution in [1.82, 2.24) is 4.98 Å². The van der Waals surface area contributed by atoms with E-state index in [0.717, 1.165) is 22.3 Å². The van der Waals surface area contributed by atoms with Gasteiger partial charge in [0.2, 0.25) is 0 Å². The average Bonchev–Trinajstić information content (AvgIpc) is 2.78. The molecule has 1 N–H and O–H groups in total. The number of carbonyl (C=O) groups excluding carboxylic acids is 1. The first kappa shape index (κ1) is 18.8. The fourth-order valence-electron chi connectivity index (χ4n) is 3.29. The van der Waals surface area contributed by atoms with Crippen LogP contribution in [0, 0.1) is 5.82 Å². The van der Waals surface area contributed by atoms with Crippen molar-refractivity contribution in [3.63, 3.8) is 0 Å². The largest absolute Gasteiger partial charge is 0.465 e. The van der Waals surface area contributed by atoms with Crippen molar-refractivity contribution in [3.8, 4) is 22.4 Å². The Kier molecular flexibility index (Phi) is 5.06. The lowest BCUT2D eigenvalue weighted by Gasteiger charge is -2.13. The Hall–Kier alpha value is -3.57. The zero-order valence-electron chi connectivity index (χ0n) is 15.7. The molecule has 4 aromatic rings. The summed E-state index contributed by atoms with van der Waals surface area (Å²) in [7, 11) is 1.21. The number of fused-ring (bicyclic) bond motifs is 1. The van der Waals surface area contributed by atoms with E-state index in [1.54, 1.807) is 0 Å². The number of carbonyl (C=O) groups is 1. The van der Waals surface area contributed by atoms with Gasteiger partial charge >= 0.3 is 5.97 Å². The quantitative estimate of drug-likeness (QED) is 0.502. The molecule has 0 aliphatic rings. The van der Waals surface area contributed by atoms with Crippen LogP contribution in [-0.4, -0.2) is 23.2 Å². The number of methoxy groups -OCH3 is 1. The number of hydrogen-bond donors (Lipinski definition) is 1. The summed E-state index contributed by atoms with van der Waals surface area (Å²) in [6, 6.07) is 21.7. The number of aromatic nitrogens is 1. The minimum absolute atomic E-state index is 0.0429. The fourth-order valence-corrected chi connectivity index (χ4v) is 3.29. The van der Waals surface area contributed by atoms with Crippen LogP contribution >= 0.6 is 0 Å². The molecule has 0 unspecified atom stereocenters. The first-order valence-corrected chi connectivity index (χ1v) is 9.09. The minimum atomic E-state index is -0.743. The molecule has 4 rings (SSSR count). The van der Waals surface area contributed by atoms with Gasteiger partial charge in [-0.15, -0.1) is 0 Å². The highest BCUT2D eigenvalue weighted by Gasteiger charge is 2.17. The normalized spacial score (nSPS) is 10.9. The molecule has 144 valence electrons. The Labute approximate surface area is 167 Å². The van der Waals surface area contributed by atoms with Crippen molar-refractivity contribution in [2.45, 2.75) is 6.61 Å². The van der Waals surface area contributed by atoms with Crippen LogP contribution < -0.4 is 0 Å². The van der Waals surface area contributed by atoms with Crippen molar-refractivity contribution in [3.05, 3.63) is 89.7 Å². The maximum Gasteiger partial charge on any atom is 0.340 e. The summed E-state index contributed by atoms with van der Waals surface area (Å²) in [5.41, 5.74) is 4.49. The van der Waals surface area contributed by atoms with E-state index in [-0.39, 0.29) is 12.2 Å². The standard InChI is InChI=1S/C24H18FNO3/c1-29-24(28)20-13-22-18(12-21(20)25)11-19(16-5-3-2-4-6-16)23(26-22)17-9-7-15(14-27)8-10-17/h2-13,27H,14H2,1H3. The molecule has 0 aliphatic heterocycles. The highest BCUT2D eigenvalue weighted by atomic mass is 19.1. The summed E-state index contributed by atoms with van der Waals surface area (Å²) in [4.78, 5) is 16.6. The van der Waals surface area contributed by atoms with Gasteiger partial charge in [0, 0.05) is 16.5 Å². The molecule has 1 heterocycles. The number of hydrogen-bond acceptors (Lipinski definition) is 4. The monoisotopic (exact) mass is 387 g/mol. The lowest BCUT2D eigenvalue weighted by Crippen LogP contribution is -2.05. The highest BCUT2D eigenvalue weighted by molar-refractivity contribution is 5.97. The van der Waals surface area contributed by atoms with Crippen LogP contribution in [-0.2, 0) is 11.3 Å². The number of pyridine rings is 1. The molecule has 5 heteroatoms. The predicted molar refractivity (Wildman–Crippen MR) is 110 cm³/mol. The smallest absolute Gasteiger partial charge is 0.340 e. The van der Waals surface area contributed by atoms with Gasteiger partial charge in [-0.1, -0.05) is 54.6 Å². The van der Waals surface area contributed by atoms with Crippen LogP contribution in [0.1, 0.15) is 15.9 Å². The van der Waals surface area contributed by atoms with Crippen molar-refractivity contribution in [2.75, 3.05) is 7.11 Å². The molecule has 4 nitrogen and oxygen atoms in total. The number of nitrogens with zero attached hydrogens (tertiary/aromatic N) is 1. The molecule has 1 aromatic heterocycles. The molecular formula is C24H18FNO3. The number of rotatable bonds is 4. The highest BCUT2D eigenvalue weighted by Crippen LogP contribution is 2.34. The van der Waals surface area contributed by atoms with Crippen LogP contribution in [0.3, 0.4) is 0 Å². The molecule has 0 bridgehead atoms. The minimum Gasteiger partial charge on any atom is -0.465 e. The van der Waals surface area contributed by atoms with Gasteiger partial charge in [-0.3, -0.25) is 0 Å². The molecule has 0 atom stereocenters. The van der Waals surface area contributed by atoms with Gasteiger partial charge in [0.25, 0.3) is 0 Å². The maximum absolute atomic E-state index is 14.4. The van der Waals surface area contributed by atoms with Gasteiger partial charge in [0.05, 0.1) is 30.5 Å². The zero-order valence-corrected chi connectivity index (χ0v) is 15.7. The van der Waals surface area contributed by atoms with E-state index >= 15 is 0 Å². The fraction of sp³-hybridized carbons (Fsp3) is 0.0833. The van der Waals surface area contributed by atoms with Gasteiger partial charge in [0.1, 0.15) is 5.82 Å². The summed E-state index contributed by atoms with van der Waals surface area (Å²) in [6.45, 7) is -0.0429. The van der Waals surface area contributed by atoms with E-state index < -0.39 is 11.8 Å². The predicted octanol–water partition coefficient (Wildman–Crippen LogP) is 4.99. The van der Waals surface area contributed by atoms with Gasteiger partial charge in [-0.2, -0.15) is 0 Å². The summed E-state index contributed by atoms with van der Waals surface area (Å²) in [5.74, 6) is -1.39. The molecule has 0 radical (unpaired) electrons. The van der Waals surface area contributed by atoms with Crippen LogP contribution in [0.2, 0.25) is 0 Å². The molecule has 29 heavy (non-hydrogen) atoms. The number of ether oxygens (including phenoxy) is 1. The van der Waals surface area contributed by atoms with Crippen LogP contribution in [0.4, 0.5) is 4.39 Å². The Bertz CT molecular complexity index is 1190. The van der Waals surface area contributed by atoms with Crippen molar-refractivity contribution in [2.24, 2.45) is 0 Å². The Morgan fingerprint density at radius 2 is 1.72 bits per heavy atom. The topological polar surface area (TPSA) is 59.4 Å². The zero-order chi connectivity index (χ0) is 20.4. The lowest BCUT2D eigenvalue weighted by atomic mass is 9.96. The molecule has 0 amide bonds. The van der Waals surface area contributed by atoms with E-state index in [0.29, 0.717) is 16.6 Å². The van der Waals surface area contributed by atoms with Crippen LogP contribution in [0.5, 0.6) is 0 Å². The van der Waals surface area contributed by atoms with E-state index in [1.165, 1.54) is 19.2 Å². The Morgan fingerprint density at radius 1 is 1.00 bits per heavy atom. The van der Waals surface area contributed by atoms with E-state index in [2.05, 4.69) is 4.74 Å². The second kappa shape index (κ2) is 7.81. The molecule has 0 spiro atoms. The second-order valence-electron chi connectivity index (χ2n) is 6.62.